The number of carbonyl (C=O) groups excluding carboxylic acids is 2. The summed E-state index contributed by atoms with van der Waals surface area (Å²) in [5.41, 5.74) is 1.67. The van der Waals surface area contributed by atoms with Crippen LogP contribution in [0.1, 0.15) is 48.2 Å². The number of ether oxygens (including phenoxy) is 1. The highest BCUT2D eigenvalue weighted by Gasteiger charge is 2.31. The molecule has 7 heteroatoms. The van der Waals surface area contributed by atoms with Crippen molar-refractivity contribution >= 4 is 11.8 Å². The van der Waals surface area contributed by atoms with Gasteiger partial charge in [-0.05, 0) is 48.6 Å². The summed E-state index contributed by atoms with van der Waals surface area (Å²) in [6, 6.07) is 16.3. The van der Waals surface area contributed by atoms with E-state index in [1.54, 1.807) is 31.4 Å². The van der Waals surface area contributed by atoms with E-state index in [2.05, 4.69) is 15.6 Å². The minimum absolute atomic E-state index is 0.141. The van der Waals surface area contributed by atoms with E-state index in [4.69, 9.17) is 9.15 Å². The second kappa shape index (κ2) is 10.8. The standard InChI is InChI=1S/C26H29N3O4/c1-27-26(31)24(19-10-6-3-7-11-19)29-25(30)23-15-14-22(33-23)21-13-12-20(16-28-21)32-17-18-8-4-2-5-9-18/h2,4-5,8-9,12-16,19,24H,3,6-7,10-11,17H2,1H3,(H,27,31)(H,29,30). The van der Waals surface area contributed by atoms with Crippen molar-refractivity contribution in [2.75, 3.05) is 7.05 Å². The van der Waals surface area contributed by atoms with Crippen LogP contribution >= 0.6 is 0 Å². The molecule has 1 aliphatic carbocycles. The molecule has 7 nitrogen and oxygen atoms in total. The Bertz CT molecular complexity index is 1060. The number of amides is 2. The lowest BCUT2D eigenvalue weighted by atomic mass is 9.83. The summed E-state index contributed by atoms with van der Waals surface area (Å²) in [5, 5.41) is 5.54. The number of hydrogen-bond donors (Lipinski definition) is 2. The smallest absolute Gasteiger partial charge is 0.287 e. The van der Waals surface area contributed by atoms with E-state index in [1.165, 1.54) is 6.42 Å². The molecule has 1 aromatic carbocycles. The predicted molar refractivity (Wildman–Crippen MR) is 125 cm³/mol. The van der Waals surface area contributed by atoms with Gasteiger partial charge in [-0.3, -0.25) is 9.59 Å². The number of rotatable bonds is 8. The lowest BCUT2D eigenvalue weighted by Crippen LogP contribution is -2.50. The summed E-state index contributed by atoms with van der Waals surface area (Å²) in [6.07, 6.45) is 6.83. The Labute approximate surface area is 193 Å². The Kier molecular flexibility index (Phi) is 7.40. The number of nitrogens with zero attached hydrogens (tertiary/aromatic N) is 1. The van der Waals surface area contributed by atoms with E-state index < -0.39 is 11.9 Å². The molecule has 2 aromatic heterocycles. The van der Waals surface area contributed by atoms with Crippen LogP contribution in [0.3, 0.4) is 0 Å². The van der Waals surface area contributed by atoms with Crippen molar-refractivity contribution in [1.82, 2.24) is 15.6 Å². The molecule has 0 aliphatic heterocycles. The van der Waals surface area contributed by atoms with Gasteiger partial charge in [0.25, 0.3) is 5.91 Å². The van der Waals surface area contributed by atoms with Crippen LogP contribution < -0.4 is 15.4 Å². The summed E-state index contributed by atoms with van der Waals surface area (Å²) in [4.78, 5) is 29.6. The van der Waals surface area contributed by atoms with Crippen LogP contribution in [0, 0.1) is 5.92 Å². The third-order valence-corrected chi connectivity index (χ3v) is 6.00. The first kappa shape index (κ1) is 22.6. The lowest BCUT2D eigenvalue weighted by Gasteiger charge is -2.29. The zero-order valence-corrected chi connectivity index (χ0v) is 18.8. The quantitative estimate of drug-likeness (QED) is 0.536. The van der Waals surface area contributed by atoms with Crippen LogP contribution in [-0.2, 0) is 11.4 Å². The average molecular weight is 448 g/mol. The van der Waals surface area contributed by atoms with Gasteiger partial charge in [0.1, 0.15) is 24.1 Å². The highest BCUT2D eigenvalue weighted by molar-refractivity contribution is 5.96. The number of hydrogen-bond acceptors (Lipinski definition) is 5. The highest BCUT2D eigenvalue weighted by Crippen LogP contribution is 2.27. The number of carbonyl (C=O) groups is 2. The zero-order chi connectivity index (χ0) is 23.0. The summed E-state index contributed by atoms with van der Waals surface area (Å²) < 4.78 is 11.5. The molecule has 1 aliphatic rings. The summed E-state index contributed by atoms with van der Waals surface area (Å²) in [5.74, 6) is 0.845. The molecule has 0 radical (unpaired) electrons. The van der Waals surface area contributed by atoms with Gasteiger partial charge >= 0.3 is 0 Å². The van der Waals surface area contributed by atoms with Gasteiger partial charge < -0.3 is 19.8 Å². The van der Waals surface area contributed by atoms with Crippen LogP contribution in [0.15, 0.2) is 65.2 Å². The minimum atomic E-state index is -0.560. The predicted octanol–water partition coefficient (Wildman–Crippen LogP) is 4.35. The SMILES string of the molecule is CNC(=O)C(NC(=O)c1ccc(-c2ccc(OCc3ccccc3)cn2)o1)C1CCCCC1. The average Bonchev–Trinajstić information content (AvgIpc) is 3.37. The van der Waals surface area contributed by atoms with Gasteiger partial charge in [-0.25, -0.2) is 4.98 Å². The van der Waals surface area contributed by atoms with Gasteiger partial charge in [0.2, 0.25) is 5.91 Å². The van der Waals surface area contributed by atoms with Crippen LogP contribution in [0.25, 0.3) is 11.5 Å². The van der Waals surface area contributed by atoms with E-state index in [-0.39, 0.29) is 17.6 Å². The normalized spacial score (nSPS) is 14.9. The van der Waals surface area contributed by atoms with Crippen molar-refractivity contribution in [3.05, 3.63) is 72.1 Å². The molecule has 0 bridgehead atoms. The Morgan fingerprint density at radius 1 is 1.06 bits per heavy atom. The van der Waals surface area contributed by atoms with E-state index in [0.717, 1.165) is 31.2 Å². The first-order valence-corrected chi connectivity index (χ1v) is 11.4. The van der Waals surface area contributed by atoms with Gasteiger partial charge in [-0.1, -0.05) is 49.6 Å². The molecule has 1 fully saturated rings. The van der Waals surface area contributed by atoms with Crippen molar-refractivity contribution < 1.29 is 18.7 Å². The van der Waals surface area contributed by atoms with Crippen molar-refractivity contribution in [3.8, 4) is 17.2 Å². The molecule has 3 aromatic rings. The number of furan rings is 1. The fraction of sp³-hybridized carbons (Fsp3) is 0.346. The van der Waals surface area contributed by atoms with E-state index in [9.17, 15) is 9.59 Å². The number of benzene rings is 1. The Morgan fingerprint density at radius 2 is 1.85 bits per heavy atom. The lowest BCUT2D eigenvalue weighted by molar-refractivity contribution is -0.124. The molecule has 33 heavy (non-hydrogen) atoms. The zero-order valence-electron chi connectivity index (χ0n) is 18.8. The molecule has 172 valence electrons. The van der Waals surface area contributed by atoms with Gasteiger partial charge in [-0.15, -0.1) is 0 Å². The molecule has 2 heterocycles. The van der Waals surface area contributed by atoms with Gasteiger partial charge in [0.15, 0.2) is 11.5 Å². The highest BCUT2D eigenvalue weighted by atomic mass is 16.5. The van der Waals surface area contributed by atoms with Crippen LogP contribution in [0.2, 0.25) is 0 Å². The Hall–Kier alpha value is -3.61. The molecular formula is C26H29N3O4. The number of aromatic nitrogens is 1. The molecule has 1 saturated carbocycles. The van der Waals surface area contributed by atoms with Crippen molar-refractivity contribution in [2.45, 2.75) is 44.8 Å². The molecule has 0 saturated heterocycles. The maximum absolute atomic E-state index is 12.8. The van der Waals surface area contributed by atoms with Gasteiger partial charge in [-0.2, -0.15) is 0 Å². The minimum Gasteiger partial charge on any atom is -0.487 e. The van der Waals surface area contributed by atoms with Gasteiger partial charge in [0, 0.05) is 7.05 Å². The van der Waals surface area contributed by atoms with E-state index >= 15 is 0 Å². The van der Waals surface area contributed by atoms with Crippen LogP contribution in [-0.4, -0.2) is 29.9 Å². The van der Waals surface area contributed by atoms with Crippen molar-refractivity contribution in [1.29, 1.82) is 0 Å². The topological polar surface area (TPSA) is 93.5 Å². The molecule has 2 amide bonds. The van der Waals surface area contributed by atoms with Crippen molar-refractivity contribution in [3.63, 3.8) is 0 Å². The molecule has 4 rings (SSSR count). The number of nitrogens with one attached hydrogen (secondary N) is 2. The molecular weight excluding hydrogens is 418 g/mol. The second-order valence-corrected chi connectivity index (χ2v) is 8.28. The van der Waals surface area contributed by atoms with Crippen LogP contribution in [0.5, 0.6) is 5.75 Å². The van der Waals surface area contributed by atoms with Gasteiger partial charge in [0.05, 0.1) is 6.20 Å². The fourth-order valence-corrected chi connectivity index (χ4v) is 4.18. The molecule has 1 unspecified atom stereocenters. The monoisotopic (exact) mass is 447 g/mol. The largest absolute Gasteiger partial charge is 0.487 e. The van der Waals surface area contributed by atoms with E-state index in [0.29, 0.717) is 23.8 Å². The third-order valence-electron chi connectivity index (χ3n) is 6.00. The van der Waals surface area contributed by atoms with Crippen molar-refractivity contribution in [2.24, 2.45) is 5.92 Å². The molecule has 2 N–H and O–H groups in total. The maximum Gasteiger partial charge on any atom is 0.287 e. The molecule has 0 spiro atoms. The maximum atomic E-state index is 12.8. The Balaban J connectivity index is 1.39. The van der Waals surface area contributed by atoms with Crippen LogP contribution in [0.4, 0.5) is 0 Å². The number of likely N-dealkylation sites (N-methyl/N-ethyl adjacent to an activating group) is 1. The third kappa shape index (κ3) is 5.80. The summed E-state index contributed by atoms with van der Waals surface area (Å²) in [7, 11) is 1.59. The second-order valence-electron chi connectivity index (χ2n) is 8.28. The van der Waals surface area contributed by atoms with E-state index in [1.807, 2.05) is 36.4 Å². The Morgan fingerprint density at radius 3 is 2.55 bits per heavy atom. The first-order valence-electron chi connectivity index (χ1n) is 11.4. The number of pyridine rings is 1. The molecule has 1 atom stereocenters. The summed E-state index contributed by atoms with van der Waals surface area (Å²) in [6.45, 7) is 0.459. The first-order chi connectivity index (χ1) is 16.1. The summed E-state index contributed by atoms with van der Waals surface area (Å²) >= 11 is 0. The fourth-order valence-electron chi connectivity index (χ4n) is 4.18.